The predicted molar refractivity (Wildman–Crippen MR) is 124 cm³/mol. The molecule has 0 saturated carbocycles. The zero-order valence-corrected chi connectivity index (χ0v) is 19.7. The van der Waals surface area contributed by atoms with Gasteiger partial charge in [0.15, 0.2) is 17.5 Å². The van der Waals surface area contributed by atoms with E-state index >= 15 is 0 Å². The summed E-state index contributed by atoms with van der Waals surface area (Å²) in [6, 6.07) is 5.69. The van der Waals surface area contributed by atoms with E-state index in [0.717, 1.165) is 30.3 Å². The van der Waals surface area contributed by atoms with Crippen LogP contribution in [0.25, 0.3) is 0 Å². The number of rotatable bonds is 8. The van der Waals surface area contributed by atoms with Gasteiger partial charge in [-0.2, -0.15) is 0 Å². The molecule has 1 aromatic carbocycles. The lowest BCUT2D eigenvalue weighted by molar-refractivity contribution is 0.355. The standard InChI is InChI=1S/C19H28N4O2S.HI/c1-6-20-19(21-10-9-15-12-26-18(22-15)13(2)3)23-14-7-8-16(24-4)17(11-14)25-5;/h7-8,11-13H,6,9-10H2,1-5H3,(H2,20,21,23);1H. The number of methoxy groups -OCH3 is 2. The van der Waals surface area contributed by atoms with E-state index in [1.165, 1.54) is 5.01 Å². The second-order valence-corrected chi connectivity index (χ2v) is 6.93. The van der Waals surface area contributed by atoms with Crippen LogP contribution in [0.5, 0.6) is 11.5 Å². The number of thiazole rings is 1. The number of aliphatic imine (C=N–C) groups is 1. The SMILES string of the molecule is CCNC(=NCCc1csc(C(C)C)n1)Nc1ccc(OC)c(OC)c1.I. The van der Waals surface area contributed by atoms with Crippen LogP contribution in [-0.2, 0) is 6.42 Å². The van der Waals surface area contributed by atoms with Gasteiger partial charge in [-0.15, -0.1) is 35.3 Å². The number of nitrogens with zero attached hydrogens (tertiary/aromatic N) is 2. The average Bonchev–Trinajstić information content (AvgIpc) is 3.11. The molecular weight excluding hydrogens is 475 g/mol. The smallest absolute Gasteiger partial charge is 0.195 e. The molecule has 0 radical (unpaired) electrons. The molecule has 6 nitrogen and oxygen atoms in total. The topological polar surface area (TPSA) is 67.8 Å². The summed E-state index contributed by atoms with van der Waals surface area (Å²) >= 11 is 1.72. The van der Waals surface area contributed by atoms with Crippen molar-refractivity contribution in [2.75, 3.05) is 32.6 Å². The van der Waals surface area contributed by atoms with Crippen molar-refractivity contribution in [1.29, 1.82) is 0 Å². The number of nitrogens with one attached hydrogen (secondary N) is 2. The minimum atomic E-state index is 0. The summed E-state index contributed by atoms with van der Waals surface area (Å²) in [5.41, 5.74) is 1.99. The van der Waals surface area contributed by atoms with Gasteiger partial charge in [-0.3, -0.25) is 4.99 Å². The van der Waals surface area contributed by atoms with Crippen LogP contribution in [0.1, 0.15) is 37.4 Å². The summed E-state index contributed by atoms with van der Waals surface area (Å²) in [4.78, 5) is 9.30. The molecule has 0 saturated heterocycles. The van der Waals surface area contributed by atoms with Gasteiger partial charge in [0.2, 0.25) is 0 Å². The number of anilines is 1. The lowest BCUT2D eigenvalue weighted by Gasteiger charge is -2.13. The van der Waals surface area contributed by atoms with Gasteiger partial charge in [-0.1, -0.05) is 13.8 Å². The van der Waals surface area contributed by atoms with E-state index in [4.69, 9.17) is 9.47 Å². The highest BCUT2D eigenvalue weighted by molar-refractivity contribution is 14.0. The van der Waals surface area contributed by atoms with Crippen LogP contribution in [0.4, 0.5) is 5.69 Å². The summed E-state index contributed by atoms with van der Waals surface area (Å²) in [7, 11) is 3.25. The van der Waals surface area contributed by atoms with E-state index in [1.807, 2.05) is 25.1 Å². The lowest BCUT2D eigenvalue weighted by Crippen LogP contribution is -2.30. The highest BCUT2D eigenvalue weighted by Crippen LogP contribution is 2.29. The van der Waals surface area contributed by atoms with Gasteiger partial charge in [0.1, 0.15) is 0 Å². The normalized spacial score (nSPS) is 11.1. The molecule has 0 aliphatic carbocycles. The Kier molecular flexibility index (Phi) is 10.5. The molecule has 2 N–H and O–H groups in total. The molecule has 2 aromatic rings. The second kappa shape index (κ2) is 12.0. The number of guanidine groups is 1. The molecule has 0 aliphatic heterocycles. The molecule has 1 heterocycles. The molecule has 0 aliphatic rings. The van der Waals surface area contributed by atoms with E-state index in [2.05, 4.69) is 39.8 Å². The number of aromatic nitrogens is 1. The molecule has 150 valence electrons. The van der Waals surface area contributed by atoms with Gasteiger partial charge in [0.05, 0.1) is 24.9 Å². The molecule has 0 atom stereocenters. The number of hydrogen-bond acceptors (Lipinski definition) is 5. The van der Waals surface area contributed by atoms with Gasteiger partial charge >= 0.3 is 0 Å². The van der Waals surface area contributed by atoms with Crippen molar-refractivity contribution in [2.45, 2.75) is 33.1 Å². The number of ether oxygens (including phenoxy) is 2. The van der Waals surface area contributed by atoms with Crippen LogP contribution in [0, 0.1) is 0 Å². The Morgan fingerprint density at radius 3 is 2.56 bits per heavy atom. The first-order valence-electron chi connectivity index (χ1n) is 8.79. The van der Waals surface area contributed by atoms with E-state index in [9.17, 15) is 0 Å². The van der Waals surface area contributed by atoms with E-state index in [0.29, 0.717) is 24.0 Å². The molecule has 2 rings (SSSR count). The van der Waals surface area contributed by atoms with Crippen LogP contribution in [0.15, 0.2) is 28.6 Å². The Morgan fingerprint density at radius 2 is 1.96 bits per heavy atom. The third-order valence-corrected chi connectivity index (χ3v) is 4.89. The maximum atomic E-state index is 5.35. The fraction of sp³-hybridized carbons (Fsp3) is 0.474. The number of halogens is 1. The van der Waals surface area contributed by atoms with Crippen LogP contribution in [0.2, 0.25) is 0 Å². The maximum Gasteiger partial charge on any atom is 0.195 e. The van der Waals surface area contributed by atoms with E-state index < -0.39 is 0 Å². The van der Waals surface area contributed by atoms with E-state index in [1.54, 1.807) is 25.6 Å². The molecule has 8 heteroatoms. The van der Waals surface area contributed by atoms with Crippen LogP contribution < -0.4 is 20.1 Å². The predicted octanol–water partition coefficient (Wildman–Crippen LogP) is 4.52. The first-order chi connectivity index (χ1) is 12.6. The lowest BCUT2D eigenvalue weighted by atomic mass is 10.2. The van der Waals surface area contributed by atoms with Crippen molar-refractivity contribution >= 4 is 47.0 Å². The Morgan fingerprint density at radius 1 is 1.22 bits per heavy atom. The summed E-state index contributed by atoms with van der Waals surface area (Å²) < 4.78 is 10.6. The van der Waals surface area contributed by atoms with Crippen LogP contribution in [0.3, 0.4) is 0 Å². The third-order valence-electron chi connectivity index (χ3n) is 3.69. The molecular formula is C19H29IN4O2S. The largest absolute Gasteiger partial charge is 0.493 e. The third kappa shape index (κ3) is 7.17. The molecule has 0 bridgehead atoms. The Hall–Kier alpha value is -1.55. The Balaban J connectivity index is 0.00000364. The fourth-order valence-corrected chi connectivity index (χ4v) is 3.21. The highest BCUT2D eigenvalue weighted by atomic mass is 127. The van der Waals surface area contributed by atoms with Crippen LogP contribution in [-0.4, -0.2) is 38.3 Å². The average molecular weight is 504 g/mol. The zero-order valence-electron chi connectivity index (χ0n) is 16.5. The fourth-order valence-electron chi connectivity index (χ4n) is 2.34. The van der Waals surface area contributed by atoms with Crippen molar-refractivity contribution in [3.8, 4) is 11.5 Å². The van der Waals surface area contributed by atoms with Gasteiger partial charge < -0.3 is 20.1 Å². The van der Waals surface area contributed by atoms with Gasteiger partial charge in [0.25, 0.3) is 0 Å². The van der Waals surface area contributed by atoms with Crippen molar-refractivity contribution in [3.63, 3.8) is 0 Å². The van der Waals surface area contributed by atoms with Gasteiger partial charge in [-0.25, -0.2) is 4.98 Å². The summed E-state index contributed by atoms with van der Waals surface area (Å²) in [6.07, 6.45) is 0.825. The molecule has 0 amide bonds. The van der Waals surface area contributed by atoms with Crippen molar-refractivity contribution in [1.82, 2.24) is 10.3 Å². The summed E-state index contributed by atoms with van der Waals surface area (Å²) in [5, 5.41) is 9.86. The van der Waals surface area contributed by atoms with Gasteiger partial charge in [0, 0.05) is 42.6 Å². The highest BCUT2D eigenvalue weighted by Gasteiger charge is 2.07. The molecule has 0 fully saturated rings. The van der Waals surface area contributed by atoms with Crippen molar-refractivity contribution in [2.24, 2.45) is 4.99 Å². The quantitative estimate of drug-likeness (QED) is 0.314. The monoisotopic (exact) mass is 504 g/mol. The number of benzene rings is 1. The van der Waals surface area contributed by atoms with Crippen molar-refractivity contribution < 1.29 is 9.47 Å². The molecule has 1 aromatic heterocycles. The molecule has 27 heavy (non-hydrogen) atoms. The first kappa shape index (κ1) is 23.5. The Labute approximate surface area is 182 Å². The number of hydrogen-bond donors (Lipinski definition) is 2. The van der Waals surface area contributed by atoms with Crippen LogP contribution >= 0.6 is 35.3 Å². The second-order valence-electron chi connectivity index (χ2n) is 6.04. The Bertz CT molecular complexity index is 734. The maximum absolute atomic E-state index is 5.35. The summed E-state index contributed by atoms with van der Waals surface area (Å²) in [6.45, 7) is 7.83. The zero-order chi connectivity index (χ0) is 18.9. The summed E-state index contributed by atoms with van der Waals surface area (Å²) in [5.74, 6) is 2.59. The van der Waals surface area contributed by atoms with Crippen molar-refractivity contribution in [3.05, 3.63) is 34.3 Å². The molecule has 0 unspecified atom stereocenters. The molecule has 0 spiro atoms. The van der Waals surface area contributed by atoms with Gasteiger partial charge in [-0.05, 0) is 19.1 Å². The minimum absolute atomic E-state index is 0. The minimum Gasteiger partial charge on any atom is -0.493 e. The van der Waals surface area contributed by atoms with E-state index in [-0.39, 0.29) is 24.0 Å². The first-order valence-corrected chi connectivity index (χ1v) is 9.67.